The molecule has 0 N–H and O–H groups in total. The molecule has 0 radical (unpaired) electrons. The molecule has 0 unspecified atom stereocenters. The first-order valence-electron chi connectivity index (χ1n) is 8.36. The van der Waals surface area contributed by atoms with E-state index in [1.807, 2.05) is 36.4 Å². The van der Waals surface area contributed by atoms with Gasteiger partial charge in [0.25, 0.3) is 0 Å². The molecule has 2 amide bonds. The first-order valence-corrected chi connectivity index (χ1v) is 8.36. The fraction of sp³-hybridized carbons (Fsp3) is 0.316. The van der Waals surface area contributed by atoms with Gasteiger partial charge >= 0.3 is 0 Å². The van der Waals surface area contributed by atoms with Crippen LogP contribution in [0.25, 0.3) is 0 Å². The van der Waals surface area contributed by atoms with E-state index in [1.54, 1.807) is 22.2 Å². The number of nitrogens with zero attached hydrogens (tertiary/aromatic N) is 3. The molecule has 1 aromatic heterocycles. The highest BCUT2D eigenvalue weighted by atomic mass is 16.5. The lowest BCUT2D eigenvalue weighted by Crippen LogP contribution is -2.47. The van der Waals surface area contributed by atoms with Gasteiger partial charge in [0.2, 0.25) is 11.8 Å². The molecular formula is C19H19N3O3. The maximum atomic E-state index is 13.3. The van der Waals surface area contributed by atoms with E-state index in [1.165, 1.54) is 6.92 Å². The van der Waals surface area contributed by atoms with Gasteiger partial charge in [-0.15, -0.1) is 0 Å². The number of para-hydroxylation sites is 2. The standard InChI is InChI=1S/C19H19N3O3/c1-13(23)21-12-15-9-17(21)19(24)22(11-14-5-4-8-20-10-14)16-6-2-3-7-18(16)25-15/h2-8,10,15,17H,9,11-12H2,1H3/t15-,17-/m0/s1. The minimum atomic E-state index is -0.479. The van der Waals surface area contributed by atoms with E-state index < -0.39 is 6.04 Å². The molecule has 0 saturated carbocycles. The van der Waals surface area contributed by atoms with E-state index in [2.05, 4.69) is 4.98 Å². The summed E-state index contributed by atoms with van der Waals surface area (Å²) in [6.45, 7) is 2.33. The summed E-state index contributed by atoms with van der Waals surface area (Å²) in [4.78, 5) is 32.7. The lowest BCUT2D eigenvalue weighted by molar-refractivity contribution is -0.135. The molecule has 4 rings (SSSR count). The molecule has 0 aliphatic carbocycles. The number of aromatic nitrogens is 1. The van der Waals surface area contributed by atoms with Crippen LogP contribution in [-0.4, -0.2) is 40.4 Å². The number of hydrogen-bond acceptors (Lipinski definition) is 4. The predicted molar refractivity (Wildman–Crippen MR) is 92.1 cm³/mol. The zero-order valence-corrected chi connectivity index (χ0v) is 14.0. The van der Waals surface area contributed by atoms with Crippen LogP contribution < -0.4 is 9.64 Å². The molecule has 3 heterocycles. The average Bonchev–Trinajstić information content (AvgIpc) is 3.05. The molecule has 2 bridgehead atoms. The highest BCUT2D eigenvalue weighted by Gasteiger charge is 2.43. The summed E-state index contributed by atoms with van der Waals surface area (Å²) in [6, 6.07) is 10.8. The fourth-order valence-electron chi connectivity index (χ4n) is 3.56. The van der Waals surface area contributed by atoms with Crippen molar-refractivity contribution in [1.82, 2.24) is 9.88 Å². The Morgan fingerprint density at radius 1 is 1.28 bits per heavy atom. The maximum Gasteiger partial charge on any atom is 0.250 e. The predicted octanol–water partition coefficient (Wildman–Crippen LogP) is 2.00. The zero-order valence-electron chi connectivity index (χ0n) is 14.0. The Morgan fingerprint density at radius 2 is 2.12 bits per heavy atom. The first kappa shape index (κ1) is 15.6. The number of pyridine rings is 1. The second-order valence-corrected chi connectivity index (χ2v) is 6.42. The van der Waals surface area contributed by atoms with Gasteiger partial charge < -0.3 is 14.5 Å². The van der Waals surface area contributed by atoms with Crippen LogP contribution in [0, 0.1) is 0 Å². The third-order valence-electron chi connectivity index (χ3n) is 4.73. The van der Waals surface area contributed by atoms with E-state index in [0.29, 0.717) is 25.3 Å². The molecule has 0 spiro atoms. The summed E-state index contributed by atoms with van der Waals surface area (Å²) in [5.74, 6) is 0.502. The number of fused-ring (bicyclic) bond motifs is 3. The van der Waals surface area contributed by atoms with Gasteiger partial charge in [0.15, 0.2) is 0 Å². The van der Waals surface area contributed by atoms with E-state index in [9.17, 15) is 9.59 Å². The number of likely N-dealkylation sites (tertiary alicyclic amines) is 1. The van der Waals surface area contributed by atoms with Crippen molar-refractivity contribution in [3.63, 3.8) is 0 Å². The van der Waals surface area contributed by atoms with Crippen molar-refractivity contribution in [1.29, 1.82) is 0 Å². The van der Waals surface area contributed by atoms with Crippen LogP contribution in [0.5, 0.6) is 5.75 Å². The van der Waals surface area contributed by atoms with Crippen molar-refractivity contribution in [2.75, 3.05) is 11.4 Å². The number of rotatable bonds is 2. The summed E-state index contributed by atoms with van der Waals surface area (Å²) in [5, 5.41) is 0. The lowest BCUT2D eigenvalue weighted by atomic mass is 10.1. The van der Waals surface area contributed by atoms with Gasteiger partial charge in [-0.25, -0.2) is 0 Å². The van der Waals surface area contributed by atoms with E-state index in [4.69, 9.17) is 4.74 Å². The van der Waals surface area contributed by atoms with Gasteiger partial charge in [0, 0.05) is 25.7 Å². The van der Waals surface area contributed by atoms with Crippen LogP contribution >= 0.6 is 0 Å². The maximum absolute atomic E-state index is 13.3. The summed E-state index contributed by atoms with van der Waals surface area (Å²) in [7, 11) is 0. The van der Waals surface area contributed by atoms with Crippen molar-refractivity contribution in [2.24, 2.45) is 0 Å². The number of anilines is 1. The highest BCUT2D eigenvalue weighted by molar-refractivity contribution is 6.00. The molecule has 1 fully saturated rings. The monoisotopic (exact) mass is 337 g/mol. The van der Waals surface area contributed by atoms with Crippen LogP contribution in [0.15, 0.2) is 48.8 Å². The first-order chi connectivity index (χ1) is 12.1. The van der Waals surface area contributed by atoms with Crippen molar-refractivity contribution in [2.45, 2.75) is 32.0 Å². The lowest BCUT2D eigenvalue weighted by Gasteiger charge is -2.31. The second-order valence-electron chi connectivity index (χ2n) is 6.42. The summed E-state index contributed by atoms with van der Waals surface area (Å²) in [6.07, 6.45) is 3.82. The van der Waals surface area contributed by atoms with Gasteiger partial charge in [-0.3, -0.25) is 14.6 Å². The summed E-state index contributed by atoms with van der Waals surface area (Å²) < 4.78 is 6.12. The van der Waals surface area contributed by atoms with Crippen molar-refractivity contribution in [3.8, 4) is 5.75 Å². The molecular weight excluding hydrogens is 318 g/mol. The van der Waals surface area contributed by atoms with Gasteiger partial charge in [0.05, 0.1) is 18.8 Å². The molecule has 2 aliphatic heterocycles. The molecule has 2 atom stereocenters. The summed E-state index contributed by atoms with van der Waals surface area (Å²) >= 11 is 0. The highest BCUT2D eigenvalue weighted by Crippen LogP contribution is 2.36. The Labute approximate surface area is 146 Å². The topological polar surface area (TPSA) is 62.7 Å². The Balaban J connectivity index is 1.76. The summed E-state index contributed by atoms with van der Waals surface area (Å²) in [5.41, 5.74) is 1.66. The number of benzene rings is 1. The van der Waals surface area contributed by atoms with E-state index in [-0.39, 0.29) is 17.9 Å². The minimum absolute atomic E-state index is 0.0719. The largest absolute Gasteiger partial charge is 0.486 e. The van der Waals surface area contributed by atoms with Crippen LogP contribution in [0.1, 0.15) is 18.9 Å². The molecule has 128 valence electrons. The molecule has 6 heteroatoms. The molecule has 1 saturated heterocycles. The minimum Gasteiger partial charge on any atom is -0.486 e. The fourth-order valence-corrected chi connectivity index (χ4v) is 3.56. The normalized spacial score (nSPS) is 22.0. The van der Waals surface area contributed by atoms with Gasteiger partial charge in [-0.05, 0) is 23.8 Å². The van der Waals surface area contributed by atoms with Gasteiger partial charge in [-0.2, -0.15) is 0 Å². The van der Waals surface area contributed by atoms with E-state index >= 15 is 0 Å². The van der Waals surface area contributed by atoms with E-state index in [0.717, 1.165) is 11.3 Å². The van der Waals surface area contributed by atoms with Crippen LogP contribution in [-0.2, 0) is 16.1 Å². The van der Waals surface area contributed by atoms with Crippen molar-refractivity contribution < 1.29 is 14.3 Å². The Hall–Kier alpha value is -2.89. The Morgan fingerprint density at radius 3 is 2.88 bits per heavy atom. The molecule has 1 aromatic carbocycles. The molecule has 25 heavy (non-hydrogen) atoms. The number of amides is 2. The number of carbonyl (C=O) groups is 2. The van der Waals surface area contributed by atoms with Gasteiger partial charge in [-0.1, -0.05) is 18.2 Å². The molecule has 6 nitrogen and oxygen atoms in total. The van der Waals surface area contributed by atoms with Gasteiger partial charge in [0.1, 0.15) is 17.9 Å². The quantitative estimate of drug-likeness (QED) is 0.841. The Bertz CT molecular complexity index is 809. The van der Waals surface area contributed by atoms with Crippen LogP contribution in [0.3, 0.4) is 0 Å². The molecule has 2 aromatic rings. The number of ether oxygens (including phenoxy) is 1. The molecule has 2 aliphatic rings. The number of hydrogen-bond donors (Lipinski definition) is 0. The number of carbonyl (C=O) groups excluding carboxylic acids is 2. The smallest absolute Gasteiger partial charge is 0.250 e. The zero-order chi connectivity index (χ0) is 17.4. The van der Waals surface area contributed by atoms with Crippen LogP contribution in [0.2, 0.25) is 0 Å². The Kier molecular flexibility index (Phi) is 3.87. The SMILES string of the molecule is CC(=O)N1C[C@@H]2C[C@H]1C(=O)N(Cc1cccnc1)c1ccccc1O2. The third kappa shape index (κ3) is 2.84. The average molecular weight is 337 g/mol. The van der Waals surface area contributed by atoms with Crippen molar-refractivity contribution in [3.05, 3.63) is 54.4 Å². The third-order valence-corrected chi connectivity index (χ3v) is 4.73. The van der Waals surface area contributed by atoms with Crippen LogP contribution in [0.4, 0.5) is 5.69 Å². The second kappa shape index (κ2) is 6.20. The van der Waals surface area contributed by atoms with Crippen molar-refractivity contribution >= 4 is 17.5 Å².